The lowest BCUT2D eigenvalue weighted by atomic mass is 10.1. The van der Waals surface area contributed by atoms with Crippen molar-refractivity contribution in [1.29, 1.82) is 0 Å². The highest BCUT2D eigenvalue weighted by Crippen LogP contribution is 2.49. The Hall–Kier alpha value is -2.36. The van der Waals surface area contributed by atoms with Crippen molar-refractivity contribution >= 4 is 19.6 Å². The van der Waals surface area contributed by atoms with Gasteiger partial charge >= 0.3 is 6.09 Å². The maximum Gasteiger partial charge on any atom is 0.414 e. The van der Waals surface area contributed by atoms with E-state index >= 15 is 0 Å². The molecular formula is C26H34NO4P. The topological polar surface area (TPSA) is 55.8 Å². The van der Waals surface area contributed by atoms with Gasteiger partial charge in [0, 0.05) is 12.8 Å². The van der Waals surface area contributed by atoms with Crippen LogP contribution in [-0.4, -0.2) is 25.6 Å². The Labute approximate surface area is 192 Å². The van der Waals surface area contributed by atoms with Gasteiger partial charge in [-0.2, -0.15) is 0 Å². The zero-order chi connectivity index (χ0) is 22.9. The van der Waals surface area contributed by atoms with E-state index in [1.165, 1.54) is 17.7 Å². The Kier molecular flexibility index (Phi) is 9.13. The average molecular weight is 456 g/mol. The highest BCUT2D eigenvalue weighted by atomic mass is 31.1. The summed E-state index contributed by atoms with van der Waals surface area (Å²) in [5.41, 5.74) is 2.72. The molecule has 1 saturated carbocycles. The van der Waals surface area contributed by atoms with Crippen LogP contribution < -0.4 is 4.90 Å². The lowest BCUT2D eigenvalue weighted by Gasteiger charge is -2.28. The predicted molar refractivity (Wildman–Crippen MR) is 131 cm³/mol. The number of carbonyl (C=O) groups is 1. The third-order valence-electron chi connectivity index (χ3n) is 5.99. The summed E-state index contributed by atoms with van der Waals surface area (Å²) >= 11 is 0. The molecule has 1 amide bonds. The van der Waals surface area contributed by atoms with Gasteiger partial charge in [0.15, 0.2) is 0 Å². The minimum Gasteiger partial charge on any atom is -0.444 e. The summed E-state index contributed by atoms with van der Waals surface area (Å²) in [7, 11) is -0.671. The number of allylic oxidation sites excluding steroid dienone is 2. The molecule has 5 nitrogen and oxygen atoms in total. The van der Waals surface area contributed by atoms with E-state index in [0.29, 0.717) is 11.6 Å². The van der Waals surface area contributed by atoms with Gasteiger partial charge in [-0.1, -0.05) is 66.9 Å². The smallest absolute Gasteiger partial charge is 0.414 e. The fraction of sp³-hybridized carbons (Fsp3) is 0.423. The zero-order valence-corrected chi connectivity index (χ0v) is 20.3. The molecule has 6 heteroatoms. The van der Waals surface area contributed by atoms with Crippen molar-refractivity contribution in [2.45, 2.75) is 52.0 Å². The molecule has 0 saturated heterocycles. The summed E-state index contributed by atoms with van der Waals surface area (Å²) < 4.78 is 25.0. The highest BCUT2D eigenvalue weighted by Gasteiger charge is 2.32. The van der Waals surface area contributed by atoms with Gasteiger partial charge in [-0.3, -0.25) is 4.90 Å². The van der Waals surface area contributed by atoms with Crippen LogP contribution in [-0.2, 0) is 20.6 Å². The van der Waals surface area contributed by atoms with Crippen molar-refractivity contribution in [2.75, 3.05) is 18.6 Å². The second-order valence-corrected chi connectivity index (χ2v) is 10.4. The van der Waals surface area contributed by atoms with Gasteiger partial charge in [0.2, 0.25) is 0 Å². The Bertz CT molecular complexity index is 919. The van der Waals surface area contributed by atoms with Crippen LogP contribution in [0.25, 0.3) is 0 Å². The summed E-state index contributed by atoms with van der Waals surface area (Å²) in [6.45, 7) is 4.42. The molecule has 1 aliphatic rings. The van der Waals surface area contributed by atoms with Crippen molar-refractivity contribution in [3.05, 3.63) is 77.1 Å². The standard InChI is InChI=1S/C26H34NO4P/c1-20(2)25(22-14-10-11-15-22)32(29)24(30-3)18-27(23-16-8-5-9-17-23)26(28)31-19-21-12-6-4-7-13-21/h4-9,12-13,16-17,22,24,32H,10-11,14-15,18-19H2,1-3H3. The molecule has 32 heavy (non-hydrogen) atoms. The number of carbonyl (C=O) groups excluding carboxylic acids is 1. The molecule has 0 heterocycles. The Morgan fingerprint density at radius 2 is 1.62 bits per heavy atom. The maximum absolute atomic E-state index is 13.7. The number of hydrogen-bond donors (Lipinski definition) is 0. The van der Waals surface area contributed by atoms with Crippen LogP contribution in [0.15, 0.2) is 71.6 Å². The van der Waals surface area contributed by atoms with Crippen LogP contribution in [0.4, 0.5) is 10.5 Å². The quantitative estimate of drug-likeness (QED) is 0.388. The lowest BCUT2D eigenvalue weighted by Crippen LogP contribution is -2.37. The molecule has 0 spiro atoms. The molecule has 2 aromatic rings. The number of methoxy groups -OCH3 is 1. The van der Waals surface area contributed by atoms with Crippen molar-refractivity contribution in [3.8, 4) is 0 Å². The van der Waals surface area contributed by atoms with Crippen molar-refractivity contribution in [1.82, 2.24) is 0 Å². The molecule has 172 valence electrons. The van der Waals surface area contributed by atoms with E-state index in [1.54, 1.807) is 7.11 Å². The Morgan fingerprint density at radius 1 is 1.03 bits per heavy atom. The first kappa shape index (κ1) is 24.3. The second-order valence-electron chi connectivity index (χ2n) is 8.47. The van der Waals surface area contributed by atoms with Crippen LogP contribution >= 0.6 is 7.80 Å². The van der Waals surface area contributed by atoms with Gasteiger partial charge in [-0.15, -0.1) is 0 Å². The van der Waals surface area contributed by atoms with E-state index in [0.717, 1.165) is 29.3 Å². The number of rotatable bonds is 9. The SMILES string of the molecule is COC(CN(C(=O)OCc1ccccc1)c1ccccc1)[PH](=O)C(=C(C)C)C1CCCC1. The minimum atomic E-state index is -2.24. The average Bonchev–Trinajstić information content (AvgIpc) is 3.33. The zero-order valence-electron chi connectivity index (χ0n) is 19.3. The predicted octanol–water partition coefficient (Wildman–Crippen LogP) is 6.85. The Balaban J connectivity index is 1.80. The van der Waals surface area contributed by atoms with E-state index in [-0.39, 0.29) is 13.2 Å². The molecule has 1 aliphatic carbocycles. The third kappa shape index (κ3) is 6.34. The van der Waals surface area contributed by atoms with Crippen molar-refractivity contribution in [2.24, 2.45) is 5.92 Å². The van der Waals surface area contributed by atoms with Crippen molar-refractivity contribution in [3.63, 3.8) is 0 Å². The number of nitrogens with zero attached hydrogens (tertiary/aromatic N) is 1. The molecule has 2 atom stereocenters. The first-order valence-corrected chi connectivity index (χ1v) is 12.8. The summed E-state index contributed by atoms with van der Waals surface area (Å²) in [5, 5.41) is 1.05. The van der Waals surface area contributed by atoms with E-state index in [9.17, 15) is 9.36 Å². The number of benzene rings is 2. The van der Waals surface area contributed by atoms with Gasteiger partial charge in [-0.25, -0.2) is 4.79 Å². The maximum atomic E-state index is 13.7. The molecule has 3 rings (SSSR count). The van der Waals surface area contributed by atoms with Gasteiger partial charge < -0.3 is 14.0 Å². The molecule has 0 aliphatic heterocycles. The van der Waals surface area contributed by atoms with Crippen LogP contribution in [0.3, 0.4) is 0 Å². The number of para-hydroxylation sites is 1. The molecule has 0 aromatic heterocycles. The summed E-state index contributed by atoms with van der Waals surface area (Å²) in [5.74, 6) is -0.214. The number of anilines is 1. The molecule has 0 N–H and O–H groups in total. The molecule has 1 fully saturated rings. The molecule has 0 bridgehead atoms. The van der Waals surface area contributed by atoms with Gasteiger partial charge in [-0.05, 0) is 55.6 Å². The minimum absolute atomic E-state index is 0.176. The first-order chi connectivity index (χ1) is 15.5. The molecule has 2 unspecified atom stereocenters. The van der Waals surface area contributed by atoms with Crippen LogP contribution in [0.1, 0.15) is 45.1 Å². The van der Waals surface area contributed by atoms with Crippen molar-refractivity contribution < 1.29 is 18.8 Å². The number of amides is 1. The fourth-order valence-electron chi connectivity index (χ4n) is 4.36. The summed E-state index contributed by atoms with van der Waals surface area (Å²) in [6, 6.07) is 18.9. The normalized spacial score (nSPS) is 15.7. The molecular weight excluding hydrogens is 421 g/mol. The van der Waals surface area contributed by atoms with E-state index < -0.39 is 19.7 Å². The number of ether oxygens (including phenoxy) is 2. The fourth-order valence-corrected chi connectivity index (χ4v) is 6.46. The monoisotopic (exact) mass is 455 g/mol. The van der Waals surface area contributed by atoms with Gasteiger partial charge in [0.05, 0.1) is 6.54 Å². The van der Waals surface area contributed by atoms with Crippen LogP contribution in [0, 0.1) is 5.92 Å². The number of hydrogen-bond acceptors (Lipinski definition) is 4. The Morgan fingerprint density at radius 3 is 2.19 bits per heavy atom. The largest absolute Gasteiger partial charge is 0.444 e. The van der Waals surface area contributed by atoms with Gasteiger partial charge in [0.25, 0.3) is 0 Å². The van der Waals surface area contributed by atoms with Gasteiger partial charge in [0.1, 0.15) is 20.3 Å². The third-order valence-corrected chi connectivity index (χ3v) is 8.43. The molecule has 2 aromatic carbocycles. The summed E-state index contributed by atoms with van der Waals surface area (Å²) in [6.07, 6.45) is 4.03. The van der Waals surface area contributed by atoms with Crippen LogP contribution in [0.5, 0.6) is 0 Å². The lowest BCUT2D eigenvalue weighted by molar-refractivity contribution is 0.137. The second kappa shape index (κ2) is 12.0. The van der Waals surface area contributed by atoms with E-state index in [2.05, 4.69) is 0 Å². The van der Waals surface area contributed by atoms with E-state index in [1.807, 2.05) is 74.5 Å². The van der Waals surface area contributed by atoms with Crippen LogP contribution in [0.2, 0.25) is 0 Å². The van der Waals surface area contributed by atoms with E-state index in [4.69, 9.17) is 9.47 Å². The highest BCUT2D eigenvalue weighted by molar-refractivity contribution is 7.50. The summed E-state index contributed by atoms with van der Waals surface area (Å²) in [4.78, 5) is 14.6. The molecule has 0 radical (unpaired) electrons. The first-order valence-electron chi connectivity index (χ1n) is 11.3.